The monoisotopic (exact) mass is 252 g/mol. The number of hydrogen-bond donors (Lipinski definition) is 2. The first-order valence-corrected chi connectivity index (χ1v) is 5.16. The number of nitrogens with one attached hydrogen (secondary N) is 1. The van der Waals surface area contributed by atoms with Crippen LogP contribution in [0.5, 0.6) is 0 Å². The summed E-state index contributed by atoms with van der Waals surface area (Å²) in [5.74, 6) is -2.15. The predicted octanol–water partition coefficient (Wildman–Crippen LogP) is 1.43. The van der Waals surface area contributed by atoms with Gasteiger partial charge in [0.2, 0.25) is 0 Å². The van der Waals surface area contributed by atoms with Gasteiger partial charge in [-0.2, -0.15) is 0 Å². The molecule has 0 fully saturated rings. The Labute approximate surface area is 103 Å². The Morgan fingerprint density at radius 1 is 1.39 bits per heavy atom. The van der Waals surface area contributed by atoms with Crippen LogP contribution in [0.15, 0.2) is 18.2 Å². The smallest absolute Gasteiger partial charge is 0.343 e. The first-order valence-electron chi connectivity index (χ1n) is 5.16. The molecule has 0 aromatic heterocycles. The number of carboxylic acid groups (broad SMARTS) is 1. The average Bonchev–Trinajstić information content (AvgIpc) is 2.26. The lowest BCUT2D eigenvalue weighted by Crippen LogP contribution is -2.31. The highest BCUT2D eigenvalue weighted by molar-refractivity contribution is 6.07. The van der Waals surface area contributed by atoms with Gasteiger partial charge in [0, 0.05) is 12.1 Å². The summed E-state index contributed by atoms with van der Waals surface area (Å²) in [6.07, 6.45) is 0. The summed E-state index contributed by atoms with van der Waals surface area (Å²) < 4.78 is 0. The highest BCUT2D eigenvalue weighted by atomic mass is 16.6. The summed E-state index contributed by atoms with van der Waals surface area (Å²) in [4.78, 5) is 32.7. The number of benzene rings is 1. The van der Waals surface area contributed by atoms with Crippen molar-refractivity contribution in [3.63, 3.8) is 0 Å². The number of nitro groups is 1. The van der Waals surface area contributed by atoms with Crippen molar-refractivity contribution in [2.75, 3.05) is 0 Å². The standard InChI is InChI=1S/C11H12N2O5/c1-6(2)12-10(14)7-4-3-5-8(13(17)18)9(7)11(15)16/h3-6H,1-2H3,(H,12,14)(H,15,16). The Morgan fingerprint density at radius 3 is 2.44 bits per heavy atom. The molecule has 0 heterocycles. The van der Waals surface area contributed by atoms with E-state index in [-0.39, 0.29) is 11.6 Å². The van der Waals surface area contributed by atoms with E-state index in [9.17, 15) is 19.7 Å². The van der Waals surface area contributed by atoms with E-state index in [0.717, 1.165) is 6.07 Å². The van der Waals surface area contributed by atoms with Crippen LogP contribution in [-0.4, -0.2) is 27.9 Å². The van der Waals surface area contributed by atoms with Crippen LogP contribution in [0.4, 0.5) is 5.69 Å². The molecule has 1 rings (SSSR count). The summed E-state index contributed by atoms with van der Waals surface area (Å²) in [7, 11) is 0. The van der Waals surface area contributed by atoms with Gasteiger partial charge in [0.1, 0.15) is 5.56 Å². The van der Waals surface area contributed by atoms with Crippen molar-refractivity contribution in [1.29, 1.82) is 0 Å². The fourth-order valence-electron chi connectivity index (χ4n) is 1.45. The van der Waals surface area contributed by atoms with Crippen molar-refractivity contribution in [2.24, 2.45) is 0 Å². The molecule has 0 saturated carbocycles. The van der Waals surface area contributed by atoms with Gasteiger partial charge < -0.3 is 10.4 Å². The molecule has 0 aliphatic heterocycles. The van der Waals surface area contributed by atoms with E-state index in [0.29, 0.717) is 0 Å². The first-order chi connectivity index (χ1) is 8.34. The van der Waals surface area contributed by atoms with E-state index >= 15 is 0 Å². The minimum Gasteiger partial charge on any atom is -0.477 e. The number of rotatable bonds is 4. The molecular formula is C11H12N2O5. The summed E-state index contributed by atoms with van der Waals surface area (Å²) in [5.41, 5.74) is -1.41. The third kappa shape index (κ3) is 2.82. The van der Waals surface area contributed by atoms with Crippen molar-refractivity contribution in [2.45, 2.75) is 19.9 Å². The molecule has 0 aliphatic carbocycles. The van der Waals surface area contributed by atoms with E-state index in [1.165, 1.54) is 12.1 Å². The molecule has 0 unspecified atom stereocenters. The molecule has 0 saturated heterocycles. The molecule has 0 aliphatic rings. The lowest BCUT2D eigenvalue weighted by atomic mass is 10.0. The fourth-order valence-corrected chi connectivity index (χ4v) is 1.45. The number of nitro benzene ring substituents is 1. The van der Waals surface area contributed by atoms with Crippen molar-refractivity contribution >= 4 is 17.6 Å². The van der Waals surface area contributed by atoms with Crippen molar-refractivity contribution < 1.29 is 19.6 Å². The Kier molecular flexibility index (Phi) is 3.98. The molecule has 7 nitrogen and oxygen atoms in total. The van der Waals surface area contributed by atoms with Crippen LogP contribution in [0, 0.1) is 10.1 Å². The minimum atomic E-state index is -1.50. The molecule has 1 aromatic rings. The molecule has 1 amide bonds. The molecule has 7 heteroatoms. The number of carbonyl (C=O) groups excluding carboxylic acids is 1. The molecule has 0 radical (unpaired) electrons. The van der Waals surface area contributed by atoms with Crippen LogP contribution >= 0.6 is 0 Å². The van der Waals surface area contributed by atoms with Gasteiger partial charge in [0.15, 0.2) is 0 Å². The van der Waals surface area contributed by atoms with Crippen LogP contribution in [0.1, 0.15) is 34.6 Å². The van der Waals surface area contributed by atoms with Crippen LogP contribution in [0.2, 0.25) is 0 Å². The predicted molar refractivity (Wildman–Crippen MR) is 62.7 cm³/mol. The van der Waals surface area contributed by atoms with E-state index in [1.807, 2.05) is 0 Å². The van der Waals surface area contributed by atoms with E-state index < -0.39 is 28.1 Å². The summed E-state index contributed by atoms with van der Waals surface area (Å²) >= 11 is 0. The zero-order chi connectivity index (χ0) is 13.9. The van der Waals surface area contributed by atoms with Gasteiger partial charge in [-0.25, -0.2) is 4.79 Å². The van der Waals surface area contributed by atoms with Gasteiger partial charge in [0.05, 0.1) is 10.5 Å². The van der Waals surface area contributed by atoms with Gasteiger partial charge in [-0.1, -0.05) is 6.07 Å². The summed E-state index contributed by atoms with van der Waals surface area (Å²) in [5, 5.41) is 22.2. The highest BCUT2D eigenvalue weighted by Gasteiger charge is 2.26. The molecular weight excluding hydrogens is 240 g/mol. The Morgan fingerprint density at radius 2 is 2.00 bits per heavy atom. The Balaban J connectivity index is 3.36. The lowest BCUT2D eigenvalue weighted by Gasteiger charge is -2.10. The maximum atomic E-state index is 11.8. The second kappa shape index (κ2) is 5.26. The van der Waals surface area contributed by atoms with Gasteiger partial charge in [-0.15, -0.1) is 0 Å². The number of amides is 1. The molecule has 0 bridgehead atoms. The van der Waals surface area contributed by atoms with E-state index in [2.05, 4.69) is 5.32 Å². The van der Waals surface area contributed by atoms with E-state index in [1.54, 1.807) is 13.8 Å². The Bertz CT molecular complexity index is 510. The zero-order valence-corrected chi connectivity index (χ0v) is 9.84. The molecule has 1 aromatic carbocycles. The SMILES string of the molecule is CC(C)NC(=O)c1cccc([N+](=O)[O-])c1C(=O)O. The zero-order valence-electron chi connectivity index (χ0n) is 9.84. The third-order valence-electron chi connectivity index (χ3n) is 2.12. The van der Waals surface area contributed by atoms with Gasteiger partial charge in [-0.05, 0) is 19.9 Å². The van der Waals surface area contributed by atoms with Gasteiger partial charge >= 0.3 is 5.97 Å². The molecule has 96 valence electrons. The normalized spacial score (nSPS) is 10.2. The fraction of sp³-hybridized carbons (Fsp3) is 0.273. The van der Waals surface area contributed by atoms with Crippen LogP contribution < -0.4 is 5.32 Å². The maximum Gasteiger partial charge on any atom is 0.343 e. The minimum absolute atomic E-state index is 0.196. The maximum absolute atomic E-state index is 11.8. The quantitative estimate of drug-likeness (QED) is 0.622. The number of aromatic carboxylic acids is 1. The van der Waals surface area contributed by atoms with Crippen LogP contribution in [-0.2, 0) is 0 Å². The van der Waals surface area contributed by atoms with E-state index in [4.69, 9.17) is 5.11 Å². The molecule has 2 N–H and O–H groups in total. The topological polar surface area (TPSA) is 110 Å². The summed E-state index contributed by atoms with van der Waals surface area (Å²) in [6, 6.07) is 3.38. The lowest BCUT2D eigenvalue weighted by molar-refractivity contribution is -0.385. The number of nitrogens with zero attached hydrogens (tertiary/aromatic N) is 1. The number of carboxylic acids is 1. The van der Waals surface area contributed by atoms with Crippen molar-refractivity contribution in [1.82, 2.24) is 5.32 Å². The van der Waals surface area contributed by atoms with Crippen molar-refractivity contribution in [3.05, 3.63) is 39.4 Å². The third-order valence-corrected chi connectivity index (χ3v) is 2.12. The Hall–Kier alpha value is -2.44. The van der Waals surface area contributed by atoms with Crippen molar-refractivity contribution in [3.8, 4) is 0 Å². The van der Waals surface area contributed by atoms with Crippen LogP contribution in [0.3, 0.4) is 0 Å². The molecule has 0 atom stereocenters. The number of hydrogen-bond acceptors (Lipinski definition) is 4. The number of carbonyl (C=O) groups is 2. The first kappa shape index (κ1) is 13.6. The second-order valence-electron chi connectivity index (χ2n) is 3.89. The summed E-state index contributed by atoms with van der Waals surface area (Å²) in [6.45, 7) is 3.41. The highest BCUT2D eigenvalue weighted by Crippen LogP contribution is 2.22. The van der Waals surface area contributed by atoms with Gasteiger partial charge in [-0.3, -0.25) is 14.9 Å². The molecule has 0 spiro atoms. The van der Waals surface area contributed by atoms with Gasteiger partial charge in [0.25, 0.3) is 11.6 Å². The second-order valence-corrected chi connectivity index (χ2v) is 3.89. The van der Waals surface area contributed by atoms with Crippen LogP contribution in [0.25, 0.3) is 0 Å². The molecule has 18 heavy (non-hydrogen) atoms. The average molecular weight is 252 g/mol. The largest absolute Gasteiger partial charge is 0.477 e.